The van der Waals surface area contributed by atoms with E-state index in [-0.39, 0.29) is 12.2 Å². The molecule has 0 bridgehead atoms. The number of nitro benzene ring substituents is 1. The Bertz CT molecular complexity index is 601. The van der Waals surface area contributed by atoms with Crippen molar-refractivity contribution in [3.05, 3.63) is 45.0 Å². The lowest BCUT2D eigenvalue weighted by Crippen LogP contribution is -2.32. The van der Waals surface area contributed by atoms with Crippen molar-refractivity contribution < 1.29 is 14.5 Å². The van der Waals surface area contributed by atoms with E-state index in [1.165, 1.54) is 6.07 Å². The van der Waals surface area contributed by atoms with Crippen LogP contribution in [0.2, 0.25) is 0 Å². The van der Waals surface area contributed by atoms with Crippen LogP contribution in [0.4, 0.5) is 10.5 Å². The van der Waals surface area contributed by atoms with Crippen LogP contribution in [0.3, 0.4) is 0 Å². The number of benzene rings is 1. The van der Waals surface area contributed by atoms with Gasteiger partial charge in [-0.2, -0.15) is 0 Å². The predicted molar refractivity (Wildman–Crippen MR) is 85.8 cm³/mol. The molecule has 0 radical (unpaired) electrons. The minimum absolute atomic E-state index is 0.0611. The van der Waals surface area contributed by atoms with E-state index in [0.717, 1.165) is 11.1 Å². The van der Waals surface area contributed by atoms with Gasteiger partial charge in [-0.1, -0.05) is 18.2 Å². The Kier molecular flexibility index (Phi) is 5.68. The largest absolute Gasteiger partial charge is 0.444 e. The molecule has 0 heterocycles. The highest BCUT2D eigenvalue weighted by atomic mass is 16.6. The predicted octanol–water partition coefficient (Wildman–Crippen LogP) is 3.75. The zero-order valence-corrected chi connectivity index (χ0v) is 13.6. The van der Waals surface area contributed by atoms with Gasteiger partial charge in [0.25, 0.3) is 5.69 Å². The Morgan fingerprint density at radius 3 is 2.55 bits per heavy atom. The molecule has 1 N–H and O–H groups in total. The lowest BCUT2D eigenvalue weighted by atomic mass is 10.0. The van der Waals surface area contributed by atoms with Crippen molar-refractivity contribution in [3.63, 3.8) is 0 Å². The van der Waals surface area contributed by atoms with Gasteiger partial charge >= 0.3 is 6.09 Å². The molecule has 1 rings (SSSR count). The molecule has 0 aliphatic heterocycles. The summed E-state index contributed by atoms with van der Waals surface area (Å²) in [6.45, 7) is 9.21. The van der Waals surface area contributed by atoms with E-state index in [1.807, 2.05) is 19.9 Å². The number of amides is 1. The number of alkyl carbamates (subject to hydrolysis) is 1. The summed E-state index contributed by atoms with van der Waals surface area (Å²) in [5.74, 6) is 0. The maximum absolute atomic E-state index is 11.5. The highest BCUT2D eigenvalue weighted by molar-refractivity contribution is 5.69. The van der Waals surface area contributed by atoms with Crippen LogP contribution in [0.5, 0.6) is 0 Å². The summed E-state index contributed by atoms with van der Waals surface area (Å²) in [6, 6.07) is 3.42. The molecule has 22 heavy (non-hydrogen) atoms. The number of nitrogens with one attached hydrogen (secondary N) is 1. The van der Waals surface area contributed by atoms with Crippen LogP contribution < -0.4 is 5.32 Å². The van der Waals surface area contributed by atoms with Gasteiger partial charge < -0.3 is 10.1 Å². The van der Waals surface area contributed by atoms with Gasteiger partial charge in [0, 0.05) is 12.6 Å². The maximum Gasteiger partial charge on any atom is 0.407 e. The van der Waals surface area contributed by atoms with Gasteiger partial charge in [0.05, 0.1) is 10.5 Å². The lowest BCUT2D eigenvalue weighted by Gasteiger charge is -2.19. The summed E-state index contributed by atoms with van der Waals surface area (Å²) < 4.78 is 5.10. The number of hydrogen-bond donors (Lipinski definition) is 1. The fourth-order valence-corrected chi connectivity index (χ4v) is 1.96. The first-order valence-electron chi connectivity index (χ1n) is 6.99. The molecule has 0 saturated carbocycles. The quantitative estimate of drug-likeness (QED) is 0.678. The first-order valence-corrected chi connectivity index (χ1v) is 6.99. The van der Waals surface area contributed by atoms with Crippen LogP contribution in [0.25, 0.3) is 6.08 Å². The number of nitrogens with zero attached hydrogens (tertiary/aromatic N) is 1. The molecule has 6 nitrogen and oxygen atoms in total. The number of aryl methyl sites for hydroxylation is 2. The third-order valence-electron chi connectivity index (χ3n) is 2.75. The van der Waals surface area contributed by atoms with Gasteiger partial charge in [-0.15, -0.1) is 0 Å². The molecular formula is C16H22N2O4. The zero-order chi connectivity index (χ0) is 16.9. The van der Waals surface area contributed by atoms with Crippen molar-refractivity contribution in [2.75, 3.05) is 6.54 Å². The molecule has 1 aromatic carbocycles. The van der Waals surface area contributed by atoms with Crippen LogP contribution in [0, 0.1) is 24.0 Å². The Morgan fingerprint density at radius 1 is 1.36 bits per heavy atom. The average Bonchev–Trinajstić information content (AvgIpc) is 2.33. The lowest BCUT2D eigenvalue weighted by molar-refractivity contribution is -0.385. The second kappa shape index (κ2) is 7.06. The number of nitro groups is 1. The minimum Gasteiger partial charge on any atom is -0.444 e. The third-order valence-corrected chi connectivity index (χ3v) is 2.75. The molecule has 0 aliphatic rings. The normalized spacial score (nSPS) is 11.5. The molecule has 120 valence electrons. The summed E-state index contributed by atoms with van der Waals surface area (Å²) >= 11 is 0. The van der Waals surface area contributed by atoms with Crippen molar-refractivity contribution in [3.8, 4) is 0 Å². The monoisotopic (exact) mass is 306 g/mol. The molecule has 0 aromatic heterocycles. The molecule has 0 aliphatic carbocycles. The van der Waals surface area contributed by atoms with Crippen molar-refractivity contribution >= 4 is 17.9 Å². The average molecular weight is 306 g/mol. The fraction of sp³-hybridized carbons (Fsp3) is 0.438. The van der Waals surface area contributed by atoms with Crippen LogP contribution in [0.15, 0.2) is 18.2 Å². The summed E-state index contributed by atoms with van der Waals surface area (Å²) in [6.07, 6.45) is 2.78. The Labute approximate surface area is 130 Å². The molecule has 0 unspecified atom stereocenters. The van der Waals surface area contributed by atoms with Gasteiger partial charge in [-0.05, 0) is 45.7 Å². The zero-order valence-electron chi connectivity index (χ0n) is 13.6. The molecule has 0 fully saturated rings. The molecule has 6 heteroatoms. The summed E-state index contributed by atoms with van der Waals surface area (Å²) in [5, 5.41) is 13.7. The maximum atomic E-state index is 11.5. The second-order valence-corrected chi connectivity index (χ2v) is 6.06. The first-order chi connectivity index (χ1) is 10.1. The molecule has 1 amide bonds. The van der Waals surface area contributed by atoms with E-state index in [1.54, 1.807) is 32.9 Å². The number of rotatable bonds is 4. The first kappa shape index (κ1) is 17.7. The Balaban J connectivity index is 2.75. The van der Waals surface area contributed by atoms with E-state index >= 15 is 0 Å². The minimum atomic E-state index is -0.555. The second-order valence-electron chi connectivity index (χ2n) is 6.06. The summed E-state index contributed by atoms with van der Waals surface area (Å²) in [7, 11) is 0. The van der Waals surface area contributed by atoms with Gasteiger partial charge in [0.1, 0.15) is 5.60 Å². The fourth-order valence-electron chi connectivity index (χ4n) is 1.96. The molecule has 0 saturated heterocycles. The van der Waals surface area contributed by atoms with E-state index in [2.05, 4.69) is 5.32 Å². The smallest absolute Gasteiger partial charge is 0.407 e. The number of ether oxygens (including phenoxy) is 1. The van der Waals surface area contributed by atoms with E-state index in [0.29, 0.717) is 5.56 Å². The number of hydrogen-bond acceptors (Lipinski definition) is 4. The van der Waals surface area contributed by atoms with Gasteiger partial charge in [-0.3, -0.25) is 10.1 Å². The van der Waals surface area contributed by atoms with Crippen molar-refractivity contribution in [2.24, 2.45) is 0 Å². The molecule has 0 atom stereocenters. The number of carbonyl (C=O) groups excluding carboxylic acids is 1. The van der Waals surface area contributed by atoms with Crippen LogP contribution in [-0.4, -0.2) is 23.2 Å². The van der Waals surface area contributed by atoms with Crippen molar-refractivity contribution in [1.82, 2.24) is 5.32 Å². The highest BCUT2D eigenvalue weighted by Gasteiger charge is 2.16. The van der Waals surface area contributed by atoms with Gasteiger partial charge in [0.2, 0.25) is 0 Å². The topological polar surface area (TPSA) is 81.5 Å². The SMILES string of the molecule is Cc1cc(C)c(C=CCNC(=O)OC(C)(C)C)c([N+](=O)[O-])c1. The van der Waals surface area contributed by atoms with Crippen molar-refractivity contribution in [2.45, 2.75) is 40.2 Å². The summed E-state index contributed by atoms with van der Waals surface area (Å²) in [5.41, 5.74) is 1.71. The van der Waals surface area contributed by atoms with E-state index < -0.39 is 16.6 Å². The number of carbonyl (C=O) groups is 1. The molecule has 0 spiro atoms. The molecule has 1 aromatic rings. The Hall–Kier alpha value is -2.37. The summed E-state index contributed by atoms with van der Waals surface area (Å²) in [4.78, 5) is 22.2. The van der Waals surface area contributed by atoms with Gasteiger partial charge in [-0.25, -0.2) is 4.79 Å². The Morgan fingerprint density at radius 2 is 2.00 bits per heavy atom. The van der Waals surface area contributed by atoms with Crippen molar-refractivity contribution in [1.29, 1.82) is 0 Å². The van der Waals surface area contributed by atoms with E-state index in [4.69, 9.17) is 4.74 Å². The van der Waals surface area contributed by atoms with Crippen LogP contribution in [0.1, 0.15) is 37.5 Å². The van der Waals surface area contributed by atoms with Gasteiger partial charge in [0.15, 0.2) is 0 Å². The highest BCUT2D eigenvalue weighted by Crippen LogP contribution is 2.25. The standard InChI is InChI=1S/C16H22N2O4/c1-11-9-12(2)13(14(10-11)18(20)21)7-6-8-17-15(19)22-16(3,4)5/h6-7,9-10H,8H2,1-5H3,(H,17,19). The third kappa shape index (κ3) is 5.55. The van der Waals surface area contributed by atoms with E-state index in [9.17, 15) is 14.9 Å². The van der Waals surface area contributed by atoms with Crippen LogP contribution in [-0.2, 0) is 4.74 Å². The van der Waals surface area contributed by atoms with Crippen LogP contribution >= 0.6 is 0 Å². The molecular weight excluding hydrogens is 284 g/mol.